The number of phenolic OH excluding ortho intramolecular Hbond substituents is 1. The van der Waals surface area contributed by atoms with Crippen LogP contribution in [0.4, 0.5) is 0 Å². The average Bonchev–Trinajstić information content (AvgIpc) is 2.97. The molecule has 1 aromatic carbocycles. The fourth-order valence-corrected chi connectivity index (χ4v) is 2.03. The summed E-state index contributed by atoms with van der Waals surface area (Å²) in [5.74, 6) is 1.86. The highest BCUT2D eigenvalue weighted by Crippen LogP contribution is 2.30. The molecule has 0 radical (unpaired) electrons. The van der Waals surface area contributed by atoms with E-state index in [1.54, 1.807) is 42.5 Å². The Hall–Kier alpha value is -2.89. The number of hydrogen-bond acceptors (Lipinski definition) is 5. The highest BCUT2D eigenvalue weighted by Gasteiger charge is 2.12. The molecule has 0 amide bonds. The minimum absolute atomic E-state index is 0.103. The number of benzene rings is 1. The number of ether oxygens (including phenoxy) is 1. The lowest BCUT2D eigenvalue weighted by atomic mass is 10.2. The Labute approximate surface area is 121 Å². The van der Waals surface area contributed by atoms with Gasteiger partial charge < -0.3 is 9.84 Å². The summed E-state index contributed by atoms with van der Waals surface area (Å²) in [7, 11) is 1.57. The van der Waals surface area contributed by atoms with Crippen molar-refractivity contribution in [2.75, 3.05) is 7.11 Å². The van der Waals surface area contributed by atoms with E-state index in [2.05, 4.69) is 15.1 Å². The Bertz CT molecular complexity index is 783. The van der Waals surface area contributed by atoms with Gasteiger partial charge in [0.1, 0.15) is 17.8 Å². The normalized spacial score (nSPS) is 10.6. The van der Waals surface area contributed by atoms with Crippen molar-refractivity contribution >= 4 is 0 Å². The van der Waals surface area contributed by atoms with E-state index in [4.69, 9.17) is 4.74 Å². The largest absolute Gasteiger partial charge is 0.507 e. The smallest absolute Gasteiger partial charge is 0.185 e. The van der Waals surface area contributed by atoms with Crippen LogP contribution in [-0.4, -0.2) is 32.0 Å². The number of aromatic nitrogens is 4. The predicted molar refractivity (Wildman–Crippen MR) is 77.5 cm³/mol. The van der Waals surface area contributed by atoms with E-state index in [0.717, 1.165) is 5.56 Å². The SMILES string of the molecule is COc1ccc(O)c(-c2ncn(-c3ncccc3C)n2)c1. The minimum atomic E-state index is 0.103. The van der Waals surface area contributed by atoms with Crippen LogP contribution >= 0.6 is 0 Å². The average molecular weight is 282 g/mol. The molecule has 21 heavy (non-hydrogen) atoms. The zero-order valence-electron chi connectivity index (χ0n) is 11.7. The van der Waals surface area contributed by atoms with Crippen LogP contribution in [0.1, 0.15) is 5.56 Å². The molecule has 0 aliphatic rings. The van der Waals surface area contributed by atoms with Crippen LogP contribution in [0.3, 0.4) is 0 Å². The molecule has 6 heteroatoms. The molecule has 3 rings (SSSR count). The molecule has 0 fully saturated rings. The van der Waals surface area contributed by atoms with Crippen molar-refractivity contribution in [3.8, 4) is 28.7 Å². The Morgan fingerprint density at radius 1 is 1.19 bits per heavy atom. The molecule has 6 nitrogen and oxygen atoms in total. The molecule has 0 aliphatic carbocycles. The summed E-state index contributed by atoms with van der Waals surface area (Å²) in [6.45, 7) is 1.95. The van der Waals surface area contributed by atoms with E-state index >= 15 is 0 Å². The molecule has 1 N–H and O–H groups in total. The summed E-state index contributed by atoms with van der Waals surface area (Å²) in [6.07, 6.45) is 3.27. The third kappa shape index (κ3) is 2.43. The van der Waals surface area contributed by atoms with Gasteiger partial charge in [0.05, 0.1) is 12.7 Å². The quantitative estimate of drug-likeness (QED) is 0.798. The van der Waals surface area contributed by atoms with Gasteiger partial charge in [-0.25, -0.2) is 14.6 Å². The van der Waals surface area contributed by atoms with Crippen LogP contribution in [0.5, 0.6) is 11.5 Å². The second kappa shape index (κ2) is 5.24. The van der Waals surface area contributed by atoms with Crippen LogP contribution < -0.4 is 4.74 Å². The number of hydrogen-bond donors (Lipinski definition) is 1. The van der Waals surface area contributed by atoms with E-state index < -0.39 is 0 Å². The first-order chi connectivity index (χ1) is 10.2. The summed E-state index contributed by atoms with van der Waals surface area (Å²) < 4.78 is 6.74. The molecule has 2 aromatic heterocycles. The monoisotopic (exact) mass is 282 g/mol. The summed E-state index contributed by atoms with van der Waals surface area (Å²) in [6, 6.07) is 8.75. The third-order valence-electron chi connectivity index (χ3n) is 3.14. The third-order valence-corrected chi connectivity index (χ3v) is 3.14. The zero-order valence-corrected chi connectivity index (χ0v) is 11.7. The van der Waals surface area contributed by atoms with Crippen molar-refractivity contribution in [2.24, 2.45) is 0 Å². The second-order valence-electron chi connectivity index (χ2n) is 4.54. The van der Waals surface area contributed by atoms with E-state index in [1.807, 2.05) is 19.1 Å². The molecule has 0 unspecified atom stereocenters. The first-order valence-corrected chi connectivity index (χ1v) is 6.40. The van der Waals surface area contributed by atoms with Crippen LogP contribution in [0.2, 0.25) is 0 Å². The summed E-state index contributed by atoms with van der Waals surface area (Å²) in [5.41, 5.74) is 1.51. The van der Waals surface area contributed by atoms with Gasteiger partial charge in [0.2, 0.25) is 0 Å². The predicted octanol–water partition coefficient (Wildman–Crippen LogP) is 2.35. The highest BCUT2D eigenvalue weighted by molar-refractivity contribution is 5.65. The summed E-state index contributed by atoms with van der Waals surface area (Å²) in [4.78, 5) is 8.52. The molecule has 0 spiro atoms. The van der Waals surface area contributed by atoms with Gasteiger partial charge in [-0.2, -0.15) is 0 Å². The number of phenols is 1. The molecule has 0 bridgehead atoms. The molecule has 0 atom stereocenters. The van der Waals surface area contributed by atoms with Gasteiger partial charge in [0, 0.05) is 6.20 Å². The van der Waals surface area contributed by atoms with Gasteiger partial charge in [-0.1, -0.05) is 6.07 Å². The van der Waals surface area contributed by atoms with Crippen molar-refractivity contribution in [2.45, 2.75) is 6.92 Å². The summed E-state index contributed by atoms with van der Waals surface area (Å²) in [5, 5.41) is 14.3. The summed E-state index contributed by atoms with van der Waals surface area (Å²) >= 11 is 0. The molecule has 2 heterocycles. The molecule has 3 aromatic rings. The topological polar surface area (TPSA) is 73.1 Å². The van der Waals surface area contributed by atoms with Gasteiger partial charge in [-0.3, -0.25) is 0 Å². The number of aryl methyl sites for hydroxylation is 1. The maximum atomic E-state index is 9.96. The van der Waals surface area contributed by atoms with Gasteiger partial charge >= 0.3 is 0 Å². The number of rotatable bonds is 3. The van der Waals surface area contributed by atoms with E-state index in [-0.39, 0.29) is 5.75 Å². The second-order valence-corrected chi connectivity index (χ2v) is 4.54. The Morgan fingerprint density at radius 3 is 2.81 bits per heavy atom. The Kier molecular flexibility index (Phi) is 3.27. The first kappa shape index (κ1) is 13.1. The molecule has 106 valence electrons. The number of nitrogens with zero attached hydrogens (tertiary/aromatic N) is 4. The lowest BCUT2D eigenvalue weighted by Gasteiger charge is -2.04. The van der Waals surface area contributed by atoms with Crippen LogP contribution in [0.15, 0.2) is 42.9 Å². The lowest BCUT2D eigenvalue weighted by Crippen LogP contribution is -2.00. The van der Waals surface area contributed by atoms with Gasteiger partial charge in [0.25, 0.3) is 0 Å². The van der Waals surface area contributed by atoms with E-state index in [9.17, 15) is 5.11 Å². The van der Waals surface area contributed by atoms with Gasteiger partial charge in [-0.15, -0.1) is 5.10 Å². The molecular weight excluding hydrogens is 268 g/mol. The van der Waals surface area contributed by atoms with Gasteiger partial charge in [0.15, 0.2) is 11.6 Å². The van der Waals surface area contributed by atoms with Crippen LogP contribution in [0.25, 0.3) is 17.2 Å². The first-order valence-electron chi connectivity index (χ1n) is 6.40. The van der Waals surface area contributed by atoms with Crippen molar-refractivity contribution in [1.82, 2.24) is 19.7 Å². The molecular formula is C15H14N4O2. The van der Waals surface area contributed by atoms with E-state index in [0.29, 0.717) is 23.0 Å². The number of aromatic hydroxyl groups is 1. The maximum absolute atomic E-state index is 9.96. The van der Waals surface area contributed by atoms with Crippen LogP contribution in [-0.2, 0) is 0 Å². The number of methoxy groups -OCH3 is 1. The molecule has 0 saturated carbocycles. The van der Waals surface area contributed by atoms with Crippen molar-refractivity contribution < 1.29 is 9.84 Å². The minimum Gasteiger partial charge on any atom is -0.507 e. The van der Waals surface area contributed by atoms with Crippen molar-refractivity contribution in [3.05, 3.63) is 48.4 Å². The Balaban J connectivity index is 2.05. The van der Waals surface area contributed by atoms with Gasteiger partial charge in [-0.05, 0) is 36.8 Å². The lowest BCUT2D eigenvalue weighted by molar-refractivity contribution is 0.412. The standard InChI is InChI=1S/C15H14N4O2/c1-10-4-3-7-16-15(10)19-9-17-14(18-19)12-8-11(21-2)5-6-13(12)20/h3-9,20H,1-2H3. The van der Waals surface area contributed by atoms with E-state index in [1.165, 1.54) is 0 Å². The molecule has 0 aliphatic heterocycles. The zero-order chi connectivity index (χ0) is 14.8. The van der Waals surface area contributed by atoms with Crippen molar-refractivity contribution in [1.29, 1.82) is 0 Å². The Morgan fingerprint density at radius 2 is 2.05 bits per heavy atom. The highest BCUT2D eigenvalue weighted by atomic mass is 16.5. The molecule has 0 saturated heterocycles. The fourth-order valence-electron chi connectivity index (χ4n) is 2.03. The van der Waals surface area contributed by atoms with Crippen molar-refractivity contribution in [3.63, 3.8) is 0 Å². The van der Waals surface area contributed by atoms with Crippen LogP contribution in [0, 0.1) is 6.92 Å². The fraction of sp³-hybridized carbons (Fsp3) is 0.133. The maximum Gasteiger partial charge on any atom is 0.185 e. The number of pyridine rings is 1.